The summed E-state index contributed by atoms with van der Waals surface area (Å²) < 4.78 is 5.72. The standard InChI is InChI=1S/C8H14O.ClH/c1-3-7(4-1)9-8-5-2-6-8;/h7-8H,1-6H2;1H. The van der Waals surface area contributed by atoms with Gasteiger partial charge in [-0.3, -0.25) is 0 Å². The molecule has 2 aliphatic carbocycles. The molecule has 0 N–H and O–H groups in total. The molecule has 0 radical (unpaired) electrons. The highest BCUT2D eigenvalue weighted by molar-refractivity contribution is 5.85. The van der Waals surface area contributed by atoms with E-state index in [0.717, 1.165) is 0 Å². The monoisotopic (exact) mass is 162 g/mol. The SMILES string of the molecule is C1CC(OC2CCC2)C1.Cl. The van der Waals surface area contributed by atoms with Crippen LogP contribution in [0.4, 0.5) is 0 Å². The van der Waals surface area contributed by atoms with E-state index in [-0.39, 0.29) is 12.4 Å². The molecule has 0 aromatic heterocycles. The van der Waals surface area contributed by atoms with E-state index < -0.39 is 0 Å². The van der Waals surface area contributed by atoms with Crippen molar-refractivity contribution in [3.63, 3.8) is 0 Å². The molecule has 0 aliphatic heterocycles. The molecule has 2 saturated carbocycles. The fraction of sp³-hybridized carbons (Fsp3) is 1.00. The predicted molar refractivity (Wildman–Crippen MR) is 43.6 cm³/mol. The first-order valence-corrected chi connectivity index (χ1v) is 4.10. The first-order chi connectivity index (χ1) is 4.45. The summed E-state index contributed by atoms with van der Waals surface area (Å²) in [6.07, 6.45) is 9.44. The van der Waals surface area contributed by atoms with Crippen LogP contribution in [0, 0.1) is 0 Å². The van der Waals surface area contributed by atoms with Crippen molar-refractivity contribution < 1.29 is 4.74 Å². The van der Waals surface area contributed by atoms with Crippen LogP contribution in [-0.4, -0.2) is 12.2 Å². The summed E-state index contributed by atoms with van der Waals surface area (Å²) in [6.45, 7) is 0. The lowest BCUT2D eigenvalue weighted by molar-refractivity contribution is -0.0823. The molecule has 0 unspecified atom stereocenters. The van der Waals surface area contributed by atoms with Gasteiger partial charge in [0.05, 0.1) is 12.2 Å². The van der Waals surface area contributed by atoms with Crippen LogP contribution in [-0.2, 0) is 4.74 Å². The lowest BCUT2D eigenvalue weighted by atomic mass is 9.92. The molecule has 2 aliphatic rings. The zero-order chi connectivity index (χ0) is 6.10. The maximum absolute atomic E-state index is 5.72. The molecule has 1 nitrogen and oxygen atoms in total. The molecule has 0 atom stereocenters. The van der Waals surface area contributed by atoms with Gasteiger partial charge in [0.15, 0.2) is 0 Å². The number of halogens is 1. The number of hydrogen-bond donors (Lipinski definition) is 0. The van der Waals surface area contributed by atoms with Gasteiger partial charge in [0.2, 0.25) is 0 Å². The van der Waals surface area contributed by atoms with Gasteiger partial charge in [0.25, 0.3) is 0 Å². The van der Waals surface area contributed by atoms with Crippen LogP contribution in [0.15, 0.2) is 0 Å². The van der Waals surface area contributed by atoms with Crippen LogP contribution in [0.3, 0.4) is 0 Å². The highest BCUT2D eigenvalue weighted by atomic mass is 35.5. The fourth-order valence-corrected chi connectivity index (χ4v) is 1.29. The third kappa shape index (κ3) is 1.64. The van der Waals surface area contributed by atoms with Crippen molar-refractivity contribution in [3.8, 4) is 0 Å². The van der Waals surface area contributed by atoms with Crippen molar-refractivity contribution >= 4 is 12.4 Å². The molecule has 2 heteroatoms. The topological polar surface area (TPSA) is 9.23 Å². The molecule has 0 saturated heterocycles. The normalized spacial score (nSPS) is 26.4. The Morgan fingerprint density at radius 3 is 1.40 bits per heavy atom. The minimum atomic E-state index is 0. The Balaban J connectivity index is 0.000000500. The quantitative estimate of drug-likeness (QED) is 0.607. The van der Waals surface area contributed by atoms with E-state index in [1.165, 1.54) is 38.5 Å². The van der Waals surface area contributed by atoms with Crippen molar-refractivity contribution in [2.75, 3.05) is 0 Å². The van der Waals surface area contributed by atoms with Gasteiger partial charge in [-0.1, -0.05) is 0 Å². The maximum atomic E-state index is 5.72. The summed E-state index contributed by atoms with van der Waals surface area (Å²) in [7, 11) is 0. The summed E-state index contributed by atoms with van der Waals surface area (Å²) in [5.41, 5.74) is 0. The maximum Gasteiger partial charge on any atom is 0.0579 e. The summed E-state index contributed by atoms with van der Waals surface area (Å²) >= 11 is 0. The Bertz CT molecular complexity index is 85.4. The largest absolute Gasteiger partial charge is 0.375 e. The molecule has 0 heterocycles. The number of ether oxygens (including phenoxy) is 1. The van der Waals surface area contributed by atoms with E-state index in [9.17, 15) is 0 Å². The Labute approximate surface area is 68.5 Å². The highest BCUT2D eigenvalue weighted by Gasteiger charge is 2.25. The molecule has 2 fully saturated rings. The van der Waals surface area contributed by atoms with E-state index in [0.29, 0.717) is 12.2 Å². The van der Waals surface area contributed by atoms with Gasteiger partial charge >= 0.3 is 0 Å². The minimum absolute atomic E-state index is 0. The minimum Gasteiger partial charge on any atom is -0.375 e. The summed E-state index contributed by atoms with van der Waals surface area (Å²) in [5, 5.41) is 0. The number of rotatable bonds is 2. The van der Waals surface area contributed by atoms with Gasteiger partial charge in [-0.25, -0.2) is 0 Å². The number of hydrogen-bond acceptors (Lipinski definition) is 1. The Hall–Kier alpha value is 0.250. The lowest BCUT2D eigenvalue weighted by Gasteiger charge is -2.34. The van der Waals surface area contributed by atoms with Gasteiger partial charge < -0.3 is 4.74 Å². The van der Waals surface area contributed by atoms with E-state index >= 15 is 0 Å². The van der Waals surface area contributed by atoms with Gasteiger partial charge in [-0.05, 0) is 38.5 Å². The van der Waals surface area contributed by atoms with E-state index in [4.69, 9.17) is 4.74 Å². The van der Waals surface area contributed by atoms with Crippen LogP contribution in [0.1, 0.15) is 38.5 Å². The Kier molecular flexibility index (Phi) is 2.99. The van der Waals surface area contributed by atoms with Crippen LogP contribution in [0.25, 0.3) is 0 Å². The van der Waals surface area contributed by atoms with Crippen molar-refractivity contribution in [1.29, 1.82) is 0 Å². The molecular formula is C8H15ClO. The van der Waals surface area contributed by atoms with Gasteiger partial charge in [-0.15, -0.1) is 12.4 Å². The second kappa shape index (κ2) is 3.59. The van der Waals surface area contributed by atoms with E-state index in [2.05, 4.69) is 0 Å². The molecule has 0 amide bonds. The van der Waals surface area contributed by atoms with Crippen molar-refractivity contribution in [2.45, 2.75) is 50.7 Å². The van der Waals surface area contributed by atoms with Gasteiger partial charge in [0.1, 0.15) is 0 Å². The van der Waals surface area contributed by atoms with Crippen LogP contribution < -0.4 is 0 Å². The van der Waals surface area contributed by atoms with Gasteiger partial charge in [0, 0.05) is 0 Å². The third-order valence-corrected chi connectivity index (χ3v) is 2.49. The second-order valence-electron chi connectivity index (χ2n) is 3.24. The molecule has 0 aromatic carbocycles. The zero-order valence-corrected chi connectivity index (χ0v) is 7.03. The summed E-state index contributed by atoms with van der Waals surface area (Å²) in [6, 6.07) is 0. The van der Waals surface area contributed by atoms with Crippen LogP contribution >= 0.6 is 12.4 Å². The second-order valence-corrected chi connectivity index (χ2v) is 3.24. The lowest BCUT2D eigenvalue weighted by Crippen LogP contribution is -2.31. The molecule has 10 heavy (non-hydrogen) atoms. The molecule has 0 spiro atoms. The average molecular weight is 163 g/mol. The van der Waals surface area contributed by atoms with Crippen molar-refractivity contribution in [1.82, 2.24) is 0 Å². The fourth-order valence-electron chi connectivity index (χ4n) is 1.29. The highest BCUT2D eigenvalue weighted by Crippen LogP contribution is 2.30. The average Bonchev–Trinajstić information content (AvgIpc) is 1.57. The van der Waals surface area contributed by atoms with Crippen LogP contribution in [0.5, 0.6) is 0 Å². The first-order valence-electron chi connectivity index (χ1n) is 4.10. The smallest absolute Gasteiger partial charge is 0.0579 e. The predicted octanol–water partition coefficient (Wildman–Crippen LogP) is 2.53. The third-order valence-electron chi connectivity index (χ3n) is 2.49. The molecule has 60 valence electrons. The molecular weight excluding hydrogens is 148 g/mol. The Morgan fingerprint density at radius 2 is 1.20 bits per heavy atom. The molecule has 0 bridgehead atoms. The molecule has 0 aromatic rings. The summed E-state index contributed by atoms with van der Waals surface area (Å²) in [4.78, 5) is 0. The van der Waals surface area contributed by atoms with Gasteiger partial charge in [-0.2, -0.15) is 0 Å². The van der Waals surface area contributed by atoms with E-state index in [1.54, 1.807) is 0 Å². The first kappa shape index (κ1) is 8.35. The Morgan fingerprint density at radius 1 is 0.800 bits per heavy atom. The molecule has 2 rings (SSSR count). The summed E-state index contributed by atoms with van der Waals surface area (Å²) in [5.74, 6) is 0. The van der Waals surface area contributed by atoms with Crippen molar-refractivity contribution in [2.24, 2.45) is 0 Å². The van der Waals surface area contributed by atoms with Crippen molar-refractivity contribution in [3.05, 3.63) is 0 Å². The van der Waals surface area contributed by atoms with E-state index in [1.807, 2.05) is 0 Å². The zero-order valence-electron chi connectivity index (χ0n) is 6.21. The van der Waals surface area contributed by atoms with Crippen LogP contribution in [0.2, 0.25) is 0 Å².